The van der Waals surface area contributed by atoms with Crippen LogP contribution in [-0.2, 0) is 6.42 Å². The second-order valence-electron chi connectivity index (χ2n) is 11.3. The second kappa shape index (κ2) is 10.2. The Morgan fingerprint density at radius 2 is 2.08 bits per heavy atom. The average Bonchev–Trinajstić information content (AvgIpc) is 3.62. The van der Waals surface area contributed by atoms with Crippen LogP contribution in [0, 0.1) is 16.7 Å². The highest BCUT2D eigenvalue weighted by atomic mass is 35.5. The summed E-state index contributed by atoms with van der Waals surface area (Å²) in [5.41, 5.74) is 3.87. The minimum absolute atomic E-state index is 0.00364. The predicted octanol–water partition coefficient (Wildman–Crippen LogP) is 5.98. The number of pyridine rings is 2. The van der Waals surface area contributed by atoms with Gasteiger partial charge in [-0.3, -0.25) is 4.98 Å². The zero-order valence-electron chi connectivity index (χ0n) is 23.5. The van der Waals surface area contributed by atoms with Gasteiger partial charge in [-0.15, -0.1) is 5.10 Å². The molecule has 4 aromatic rings. The van der Waals surface area contributed by atoms with Crippen LogP contribution in [0.25, 0.3) is 10.9 Å². The zero-order valence-corrected chi connectivity index (χ0v) is 23.2. The van der Waals surface area contributed by atoms with Crippen LogP contribution in [0.2, 0.25) is 5.02 Å². The van der Waals surface area contributed by atoms with Gasteiger partial charge in [0.2, 0.25) is 0 Å². The number of anilines is 2. The van der Waals surface area contributed by atoms with Crippen molar-refractivity contribution < 1.29 is 1.37 Å². The Morgan fingerprint density at radius 1 is 1.29 bits per heavy atom. The van der Waals surface area contributed by atoms with Crippen molar-refractivity contribution in [1.82, 2.24) is 25.0 Å². The maximum atomic E-state index is 9.91. The number of nitrogens with one attached hydrogen (secondary N) is 1. The first kappa shape index (κ1) is 24.6. The van der Waals surface area contributed by atoms with Crippen LogP contribution in [-0.4, -0.2) is 45.6 Å². The van der Waals surface area contributed by atoms with Gasteiger partial charge in [0, 0.05) is 57.4 Å². The maximum Gasteiger partial charge on any atom is 0.131 e. The van der Waals surface area contributed by atoms with E-state index >= 15 is 0 Å². The summed E-state index contributed by atoms with van der Waals surface area (Å²) in [6.07, 6.45) is 7.60. The van der Waals surface area contributed by atoms with E-state index in [0.29, 0.717) is 45.9 Å². The molecule has 9 heteroatoms. The van der Waals surface area contributed by atoms with Crippen LogP contribution in [0.15, 0.2) is 42.9 Å². The number of fused-ring (bicyclic) bond motifs is 1. The minimum Gasteiger partial charge on any atom is -0.383 e. The van der Waals surface area contributed by atoms with Gasteiger partial charge in [-0.2, -0.15) is 5.26 Å². The number of hydrogen-bond donors (Lipinski definition) is 1. The lowest BCUT2D eigenvalue weighted by molar-refractivity contribution is 0.443. The molecule has 0 spiro atoms. The average molecular weight is 530 g/mol. The number of hydrogen-bond acceptors (Lipinski definition) is 7. The molecule has 3 aromatic heterocycles. The summed E-state index contributed by atoms with van der Waals surface area (Å²) < 4.78 is 11.8. The third-order valence-corrected chi connectivity index (χ3v) is 6.85. The number of rotatable bonds is 8. The van der Waals surface area contributed by atoms with Crippen LogP contribution in [0.1, 0.15) is 69.3 Å². The Morgan fingerprint density at radius 3 is 2.76 bits per heavy atom. The molecule has 38 heavy (non-hydrogen) atoms. The van der Waals surface area contributed by atoms with Gasteiger partial charge in [-0.1, -0.05) is 43.7 Å². The summed E-state index contributed by atoms with van der Waals surface area (Å²) >= 11 is 6.79. The van der Waals surface area contributed by atoms with Crippen molar-refractivity contribution in [3.63, 3.8) is 0 Å². The lowest BCUT2D eigenvalue weighted by Crippen LogP contribution is -2.20. The molecule has 0 aliphatic heterocycles. The van der Waals surface area contributed by atoms with E-state index in [9.17, 15) is 6.63 Å². The van der Waals surface area contributed by atoms with Gasteiger partial charge in [-0.05, 0) is 48.4 Å². The van der Waals surface area contributed by atoms with E-state index in [1.54, 1.807) is 12.4 Å². The predicted molar refractivity (Wildman–Crippen MR) is 152 cm³/mol. The molecule has 0 bridgehead atoms. The van der Waals surface area contributed by atoms with Crippen LogP contribution >= 0.6 is 11.6 Å². The third-order valence-electron chi connectivity index (χ3n) is 6.56. The van der Waals surface area contributed by atoms with Gasteiger partial charge in [-0.25, -0.2) is 9.67 Å². The lowest BCUT2D eigenvalue weighted by atomic mass is 9.89. The summed E-state index contributed by atoms with van der Waals surface area (Å²) in [5.74, 6) is -0.599. The molecule has 1 atom stereocenters. The van der Waals surface area contributed by atoms with Crippen molar-refractivity contribution in [2.45, 2.75) is 52.0 Å². The summed E-state index contributed by atoms with van der Waals surface area (Å²) in [6, 6.07) is 10.2. The summed E-state index contributed by atoms with van der Waals surface area (Å²) in [4.78, 5) is 11.0. The topological polar surface area (TPSA) is 95.5 Å². The first-order valence-corrected chi connectivity index (χ1v) is 13.2. The highest BCUT2D eigenvalue weighted by Crippen LogP contribution is 2.38. The van der Waals surface area contributed by atoms with E-state index in [2.05, 4.69) is 52.4 Å². The summed E-state index contributed by atoms with van der Waals surface area (Å²) in [5, 5.41) is 23.4. The number of halogens is 1. The molecule has 1 aromatic carbocycles. The largest absolute Gasteiger partial charge is 0.383 e. The van der Waals surface area contributed by atoms with Gasteiger partial charge in [0.1, 0.15) is 11.9 Å². The fourth-order valence-corrected chi connectivity index (χ4v) is 4.79. The van der Waals surface area contributed by atoms with Gasteiger partial charge in [0.15, 0.2) is 0 Å². The van der Waals surface area contributed by atoms with Gasteiger partial charge >= 0.3 is 0 Å². The first-order chi connectivity index (χ1) is 18.5. The molecule has 1 aliphatic carbocycles. The van der Waals surface area contributed by atoms with E-state index < -0.39 is 5.89 Å². The van der Waals surface area contributed by atoms with Crippen molar-refractivity contribution in [3.05, 3.63) is 70.3 Å². The van der Waals surface area contributed by atoms with E-state index in [1.165, 1.54) is 0 Å². The molecule has 1 fully saturated rings. The second-order valence-corrected chi connectivity index (χ2v) is 11.7. The Balaban J connectivity index is 1.66. The molecular weight excluding hydrogens is 496 g/mol. The van der Waals surface area contributed by atoms with Crippen LogP contribution < -0.4 is 10.2 Å². The first-order valence-electron chi connectivity index (χ1n) is 13.3. The fraction of sp³-hybridized carbons (Fsp3) is 0.414. The Hall–Kier alpha value is -3.70. The van der Waals surface area contributed by atoms with Gasteiger partial charge in [0.05, 0.1) is 33.5 Å². The molecular formula is C29H33ClN8. The molecule has 5 rings (SSSR count). The van der Waals surface area contributed by atoms with E-state index in [1.807, 2.05) is 54.1 Å². The monoisotopic (exact) mass is 529 g/mol. The highest BCUT2D eigenvalue weighted by Gasteiger charge is 2.28. The van der Waals surface area contributed by atoms with Crippen molar-refractivity contribution in [2.24, 2.45) is 5.41 Å². The quantitative estimate of drug-likeness (QED) is 0.300. The van der Waals surface area contributed by atoms with Crippen LogP contribution in [0.5, 0.6) is 0 Å². The van der Waals surface area contributed by atoms with Crippen LogP contribution in [0.4, 0.5) is 11.5 Å². The fourth-order valence-electron chi connectivity index (χ4n) is 4.50. The van der Waals surface area contributed by atoms with Crippen LogP contribution in [0.3, 0.4) is 0 Å². The van der Waals surface area contributed by atoms with Crippen molar-refractivity contribution >= 4 is 34.0 Å². The standard InChI is InChI=1S/C29H33ClN8/c1-29(2,3)17-34-26-19(14-31)15-33-27-23(26)12-18(13-24(27)30)11-22(21-7-6-10-32-28(21)37(4)5)25-16-38(36-35-25)20-8-9-20/h6-7,10,12-13,15-16,20,22H,8-9,11,17H2,1-5H3,(H,33,34)/t22-/m1/s1/i22D. The molecule has 0 amide bonds. The normalized spacial score (nSPS) is 15.6. The molecule has 1 saturated carbocycles. The zero-order chi connectivity index (χ0) is 27.9. The van der Waals surface area contributed by atoms with E-state index in [0.717, 1.165) is 29.4 Å². The molecule has 0 radical (unpaired) electrons. The molecule has 0 saturated heterocycles. The van der Waals surface area contributed by atoms with Gasteiger partial charge < -0.3 is 10.2 Å². The Labute approximate surface area is 230 Å². The Bertz CT molecular complexity index is 1560. The summed E-state index contributed by atoms with van der Waals surface area (Å²) in [7, 11) is 3.84. The maximum absolute atomic E-state index is 9.91. The molecule has 3 heterocycles. The Kier molecular flexibility index (Phi) is 6.62. The third kappa shape index (κ3) is 5.44. The molecule has 0 unspecified atom stereocenters. The molecule has 1 N–H and O–H groups in total. The number of nitriles is 1. The number of aromatic nitrogens is 5. The van der Waals surface area contributed by atoms with E-state index in [-0.39, 0.29) is 11.8 Å². The molecule has 8 nitrogen and oxygen atoms in total. The minimum atomic E-state index is -1.29. The van der Waals surface area contributed by atoms with Crippen molar-refractivity contribution in [1.29, 1.82) is 5.26 Å². The molecule has 1 aliphatic rings. The SMILES string of the molecule is [2H][C@](Cc1cc(Cl)c2ncc(C#N)c(NCC(C)(C)C)c2c1)(c1cn(C2CC2)nn1)c1cccnc1N(C)C. The number of nitrogens with zero attached hydrogens (tertiary/aromatic N) is 7. The molecule has 196 valence electrons. The van der Waals surface area contributed by atoms with Crippen molar-refractivity contribution in [3.8, 4) is 6.07 Å². The van der Waals surface area contributed by atoms with Crippen molar-refractivity contribution in [2.75, 3.05) is 30.9 Å². The highest BCUT2D eigenvalue weighted by molar-refractivity contribution is 6.35. The van der Waals surface area contributed by atoms with Gasteiger partial charge in [0.25, 0.3) is 0 Å². The smallest absolute Gasteiger partial charge is 0.131 e. The lowest BCUT2D eigenvalue weighted by Gasteiger charge is -2.23. The number of benzene rings is 1. The summed E-state index contributed by atoms with van der Waals surface area (Å²) in [6.45, 7) is 7.06. The van der Waals surface area contributed by atoms with E-state index in [4.69, 9.17) is 11.6 Å².